The van der Waals surface area contributed by atoms with Crippen molar-refractivity contribution in [3.05, 3.63) is 42.0 Å². The van der Waals surface area contributed by atoms with Gasteiger partial charge in [-0.2, -0.15) is 5.10 Å². The molecule has 2 aromatic rings. The predicted octanol–water partition coefficient (Wildman–Crippen LogP) is 1.35. The third kappa shape index (κ3) is 2.62. The number of hydrogen-bond donors (Lipinski definition) is 1. The van der Waals surface area contributed by atoms with Crippen LogP contribution in [-0.4, -0.2) is 21.9 Å². The van der Waals surface area contributed by atoms with Crippen molar-refractivity contribution in [3.8, 4) is 5.75 Å². The molecule has 1 unspecified atom stereocenters. The van der Waals surface area contributed by atoms with Crippen LogP contribution in [-0.2, 0) is 6.54 Å². The highest BCUT2D eigenvalue weighted by molar-refractivity contribution is 5.38. The molecule has 1 aromatic heterocycles. The molecule has 1 atom stereocenters. The number of rotatable bonds is 4. The van der Waals surface area contributed by atoms with Gasteiger partial charge in [0, 0.05) is 11.6 Å². The summed E-state index contributed by atoms with van der Waals surface area (Å²) in [6.45, 7) is 2.59. The molecule has 5 nitrogen and oxygen atoms in total. The Morgan fingerprint density at radius 1 is 1.47 bits per heavy atom. The standard InChI is InChI=1S/C12H16N4O/c1-9(13)10-3-4-12(17-2)11(5-10)6-16-8-14-7-15-16/h3-5,7-9H,6,13H2,1-2H3. The lowest BCUT2D eigenvalue weighted by Crippen LogP contribution is -2.08. The molecule has 0 saturated heterocycles. The van der Waals surface area contributed by atoms with Crippen molar-refractivity contribution in [2.75, 3.05) is 7.11 Å². The van der Waals surface area contributed by atoms with E-state index in [4.69, 9.17) is 10.5 Å². The number of benzene rings is 1. The minimum atomic E-state index is 0.00963. The molecule has 17 heavy (non-hydrogen) atoms. The first kappa shape index (κ1) is 11.6. The fourth-order valence-electron chi connectivity index (χ4n) is 1.69. The largest absolute Gasteiger partial charge is 0.496 e. The van der Waals surface area contributed by atoms with Gasteiger partial charge in [0.2, 0.25) is 0 Å². The van der Waals surface area contributed by atoms with Crippen molar-refractivity contribution >= 4 is 0 Å². The van der Waals surface area contributed by atoms with E-state index >= 15 is 0 Å². The van der Waals surface area contributed by atoms with Crippen molar-refractivity contribution < 1.29 is 4.74 Å². The minimum absolute atomic E-state index is 0.00963. The topological polar surface area (TPSA) is 66.0 Å². The Hall–Kier alpha value is -1.88. The number of hydrogen-bond acceptors (Lipinski definition) is 4. The van der Waals surface area contributed by atoms with Gasteiger partial charge in [0.15, 0.2) is 0 Å². The number of methoxy groups -OCH3 is 1. The van der Waals surface area contributed by atoms with E-state index < -0.39 is 0 Å². The maximum absolute atomic E-state index is 5.87. The van der Waals surface area contributed by atoms with E-state index in [1.165, 1.54) is 6.33 Å². The van der Waals surface area contributed by atoms with Crippen LogP contribution in [0, 0.1) is 0 Å². The number of aromatic nitrogens is 3. The Morgan fingerprint density at radius 3 is 2.88 bits per heavy atom. The maximum atomic E-state index is 5.87. The molecule has 0 bridgehead atoms. The van der Waals surface area contributed by atoms with Crippen LogP contribution in [0.15, 0.2) is 30.9 Å². The fraction of sp³-hybridized carbons (Fsp3) is 0.333. The summed E-state index contributed by atoms with van der Waals surface area (Å²) in [7, 11) is 1.66. The van der Waals surface area contributed by atoms with Gasteiger partial charge in [-0.3, -0.25) is 0 Å². The molecule has 0 amide bonds. The monoisotopic (exact) mass is 232 g/mol. The van der Waals surface area contributed by atoms with Gasteiger partial charge in [0.05, 0.1) is 13.7 Å². The van der Waals surface area contributed by atoms with E-state index in [2.05, 4.69) is 10.1 Å². The zero-order valence-electron chi connectivity index (χ0n) is 10.00. The van der Waals surface area contributed by atoms with Crippen LogP contribution < -0.4 is 10.5 Å². The molecular formula is C12H16N4O. The Balaban J connectivity index is 2.32. The van der Waals surface area contributed by atoms with Gasteiger partial charge in [-0.1, -0.05) is 6.07 Å². The molecular weight excluding hydrogens is 216 g/mol. The number of nitrogens with two attached hydrogens (primary N) is 1. The first-order valence-corrected chi connectivity index (χ1v) is 5.45. The molecule has 2 rings (SSSR count). The second-order valence-electron chi connectivity index (χ2n) is 3.95. The third-order valence-corrected chi connectivity index (χ3v) is 2.63. The van der Waals surface area contributed by atoms with E-state index in [1.54, 1.807) is 18.1 Å². The van der Waals surface area contributed by atoms with Crippen molar-refractivity contribution in [2.24, 2.45) is 5.73 Å². The first-order valence-electron chi connectivity index (χ1n) is 5.45. The second-order valence-corrected chi connectivity index (χ2v) is 3.95. The summed E-state index contributed by atoms with van der Waals surface area (Å²) in [5.74, 6) is 0.838. The van der Waals surface area contributed by atoms with Gasteiger partial charge in [0.1, 0.15) is 18.4 Å². The Labute approximate surface area is 100 Å². The van der Waals surface area contributed by atoms with Gasteiger partial charge >= 0.3 is 0 Å². The van der Waals surface area contributed by atoms with Crippen molar-refractivity contribution in [1.29, 1.82) is 0 Å². The van der Waals surface area contributed by atoms with Crippen LogP contribution in [0.3, 0.4) is 0 Å². The van der Waals surface area contributed by atoms with Crippen LogP contribution in [0.5, 0.6) is 5.75 Å². The number of nitrogens with zero attached hydrogens (tertiary/aromatic N) is 3. The normalized spacial score (nSPS) is 12.4. The minimum Gasteiger partial charge on any atom is -0.496 e. The summed E-state index contributed by atoms with van der Waals surface area (Å²) in [5.41, 5.74) is 8.00. The highest BCUT2D eigenvalue weighted by atomic mass is 16.5. The Kier molecular flexibility index (Phi) is 3.39. The molecule has 1 heterocycles. The molecule has 1 aromatic carbocycles. The van der Waals surface area contributed by atoms with Crippen LogP contribution in [0.4, 0.5) is 0 Å². The van der Waals surface area contributed by atoms with Gasteiger partial charge in [-0.25, -0.2) is 9.67 Å². The average molecular weight is 232 g/mol. The molecule has 2 N–H and O–H groups in total. The summed E-state index contributed by atoms with van der Waals surface area (Å²) in [6.07, 6.45) is 3.19. The maximum Gasteiger partial charge on any atom is 0.137 e. The zero-order chi connectivity index (χ0) is 12.3. The lowest BCUT2D eigenvalue weighted by Gasteiger charge is -2.12. The van der Waals surface area contributed by atoms with E-state index in [0.29, 0.717) is 6.54 Å². The second kappa shape index (κ2) is 4.97. The fourth-order valence-corrected chi connectivity index (χ4v) is 1.69. The molecule has 0 aliphatic rings. The van der Waals surface area contributed by atoms with Crippen LogP contribution >= 0.6 is 0 Å². The first-order chi connectivity index (χ1) is 8.20. The molecule has 0 spiro atoms. The highest BCUT2D eigenvalue weighted by Crippen LogP contribution is 2.23. The molecule has 0 aliphatic heterocycles. The molecule has 0 aliphatic carbocycles. The molecule has 5 heteroatoms. The van der Waals surface area contributed by atoms with Crippen LogP contribution in [0.1, 0.15) is 24.1 Å². The molecule has 0 saturated carbocycles. The molecule has 90 valence electrons. The summed E-state index contributed by atoms with van der Waals surface area (Å²) >= 11 is 0. The molecule has 0 fully saturated rings. The lowest BCUT2D eigenvalue weighted by atomic mass is 10.0. The van der Waals surface area contributed by atoms with Gasteiger partial charge < -0.3 is 10.5 Å². The van der Waals surface area contributed by atoms with Crippen molar-refractivity contribution in [1.82, 2.24) is 14.8 Å². The summed E-state index contributed by atoms with van der Waals surface area (Å²) in [6, 6.07) is 5.97. The van der Waals surface area contributed by atoms with Crippen LogP contribution in [0.2, 0.25) is 0 Å². The van der Waals surface area contributed by atoms with E-state index in [-0.39, 0.29) is 6.04 Å². The Morgan fingerprint density at radius 2 is 2.29 bits per heavy atom. The van der Waals surface area contributed by atoms with Crippen molar-refractivity contribution in [2.45, 2.75) is 19.5 Å². The SMILES string of the molecule is COc1ccc(C(C)N)cc1Cn1cncn1. The average Bonchev–Trinajstić information content (AvgIpc) is 2.81. The van der Waals surface area contributed by atoms with E-state index in [1.807, 2.05) is 25.1 Å². The Bertz CT molecular complexity index is 479. The van der Waals surface area contributed by atoms with E-state index in [9.17, 15) is 0 Å². The number of ether oxygens (including phenoxy) is 1. The van der Waals surface area contributed by atoms with Crippen LogP contribution in [0.25, 0.3) is 0 Å². The third-order valence-electron chi connectivity index (χ3n) is 2.63. The quantitative estimate of drug-likeness (QED) is 0.864. The van der Waals surface area contributed by atoms with Gasteiger partial charge in [-0.15, -0.1) is 0 Å². The lowest BCUT2D eigenvalue weighted by molar-refractivity contribution is 0.407. The zero-order valence-corrected chi connectivity index (χ0v) is 10.00. The molecule has 0 radical (unpaired) electrons. The van der Waals surface area contributed by atoms with E-state index in [0.717, 1.165) is 16.9 Å². The summed E-state index contributed by atoms with van der Waals surface area (Å²) in [4.78, 5) is 3.92. The predicted molar refractivity (Wildman–Crippen MR) is 64.7 cm³/mol. The summed E-state index contributed by atoms with van der Waals surface area (Å²) < 4.78 is 7.08. The summed E-state index contributed by atoms with van der Waals surface area (Å²) in [5, 5.41) is 4.08. The van der Waals surface area contributed by atoms with Gasteiger partial charge in [0.25, 0.3) is 0 Å². The highest BCUT2D eigenvalue weighted by Gasteiger charge is 2.07. The van der Waals surface area contributed by atoms with Gasteiger partial charge in [-0.05, 0) is 24.6 Å². The smallest absolute Gasteiger partial charge is 0.137 e. The van der Waals surface area contributed by atoms with Crippen molar-refractivity contribution in [3.63, 3.8) is 0 Å².